The van der Waals surface area contributed by atoms with Crippen LogP contribution in [0.5, 0.6) is 0 Å². The van der Waals surface area contributed by atoms with E-state index in [0.717, 1.165) is 35.3 Å². The summed E-state index contributed by atoms with van der Waals surface area (Å²) in [6.45, 7) is 0.397. The van der Waals surface area contributed by atoms with E-state index in [1.807, 2.05) is 24.3 Å². The number of aromatic carboxylic acids is 1. The van der Waals surface area contributed by atoms with Gasteiger partial charge in [-0.15, -0.1) is 0 Å². The fourth-order valence-corrected chi connectivity index (χ4v) is 3.41. The lowest BCUT2D eigenvalue weighted by atomic mass is 9.87. The van der Waals surface area contributed by atoms with E-state index in [4.69, 9.17) is 5.11 Å². The van der Waals surface area contributed by atoms with E-state index < -0.39 is 5.97 Å². The van der Waals surface area contributed by atoms with Gasteiger partial charge in [-0.2, -0.15) is 5.10 Å². The fraction of sp³-hybridized carbons (Fsp3) is 0.250. The lowest BCUT2D eigenvalue weighted by Crippen LogP contribution is -2.34. The van der Waals surface area contributed by atoms with Gasteiger partial charge in [0.1, 0.15) is 6.33 Å². The first-order valence-corrected chi connectivity index (χ1v) is 9.04. The van der Waals surface area contributed by atoms with Crippen molar-refractivity contribution in [3.8, 4) is 5.69 Å². The van der Waals surface area contributed by atoms with Gasteiger partial charge in [0.15, 0.2) is 5.69 Å². The molecule has 1 aliphatic carbocycles. The van der Waals surface area contributed by atoms with Crippen molar-refractivity contribution in [1.82, 2.24) is 25.1 Å². The van der Waals surface area contributed by atoms with Crippen LogP contribution in [0.25, 0.3) is 5.69 Å². The van der Waals surface area contributed by atoms with Crippen molar-refractivity contribution in [2.45, 2.75) is 25.8 Å². The summed E-state index contributed by atoms with van der Waals surface area (Å²) in [5.41, 5.74) is 3.72. The topological polar surface area (TPSA) is 110 Å². The van der Waals surface area contributed by atoms with Crippen LogP contribution in [0.4, 0.5) is 0 Å². The summed E-state index contributed by atoms with van der Waals surface area (Å²) >= 11 is 0. The Balaban J connectivity index is 1.40. The number of aryl methyl sites for hydroxylation is 1. The van der Waals surface area contributed by atoms with Gasteiger partial charge in [0.2, 0.25) is 5.91 Å². The highest BCUT2D eigenvalue weighted by Gasteiger charge is 2.25. The smallest absolute Gasteiger partial charge is 0.356 e. The van der Waals surface area contributed by atoms with Gasteiger partial charge >= 0.3 is 5.97 Å². The second-order valence-corrected chi connectivity index (χ2v) is 6.77. The second kappa shape index (κ2) is 7.59. The summed E-state index contributed by atoms with van der Waals surface area (Å²) in [6, 6.07) is 8.93. The molecule has 8 nitrogen and oxygen atoms in total. The minimum absolute atomic E-state index is 0.0136. The van der Waals surface area contributed by atoms with E-state index in [1.165, 1.54) is 10.7 Å². The first-order valence-electron chi connectivity index (χ1n) is 9.04. The van der Waals surface area contributed by atoms with Crippen molar-refractivity contribution < 1.29 is 14.7 Å². The normalized spacial score (nSPS) is 15.6. The van der Waals surface area contributed by atoms with Crippen LogP contribution in [0.3, 0.4) is 0 Å². The molecule has 8 heteroatoms. The highest BCUT2D eigenvalue weighted by Crippen LogP contribution is 2.23. The Labute approximate surface area is 161 Å². The molecule has 2 N–H and O–H groups in total. The number of carbonyl (C=O) groups excluding carboxylic acids is 1. The van der Waals surface area contributed by atoms with Gasteiger partial charge in [0.05, 0.1) is 5.69 Å². The molecule has 0 fully saturated rings. The Bertz CT molecular complexity index is 1030. The molecular weight excluding hydrogens is 358 g/mol. The summed E-state index contributed by atoms with van der Waals surface area (Å²) < 4.78 is 1.51. The average Bonchev–Trinajstić information content (AvgIpc) is 3.22. The minimum Gasteiger partial charge on any atom is -0.476 e. The van der Waals surface area contributed by atoms with Crippen molar-refractivity contribution in [2.75, 3.05) is 0 Å². The molecule has 1 aromatic carbocycles. The van der Waals surface area contributed by atoms with E-state index >= 15 is 0 Å². The summed E-state index contributed by atoms with van der Waals surface area (Å²) in [6.07, 6.45) is 7.17. The molecule has 0 saturated carbocycles. The number of benzene rings is 1. The Morgan fingerprint density at radius 1 is 1.29 bits per heavy atom. The molecule has 0 saturated heterocycles. The van der Waals surface area contributed by atoms with Crippen molar-refractivity contribution in [2.24, 2.45) is 5.92 Å². The molecule has 3 aromatic rings. The zero-order chi connectivity index (χ0) is 19.5. The Hall–Kier alpha value is -3.55. The van der Waals surface area contributed by atoms with Crippen LogP contribution in [0, 0.1) is 5.92 Å². The molecule has 1 amide bonds. The van der Waals surface area contributed by atoms with Gasteiger partial charge in [-0.25, -0.2) is 19.4 Å². The molecule has 0 bridgehead atoms. The van der Waals surface area contributed by atoms with E-state index in [1.54, 1.807) is 18.7 Å². The maximum Gasteiger partial charge on any atom is 0.356 e. The lowest BCUT2D eigenvalue weighted by molar-refractivity contribution is -0.125. The van der Waals surface area contributed by atoms with Crippen LogP contribution in [0.1, 0.15) is 33.7 Å². The van der Waals surface area contributed by atoms with Crippen LogP contribution in [-0.4, -0.2) is 36.7 Å². The number of fused-ring (bicyclic) bond motifs is 1. The number of carboxylic acids is 1. The highest BCUT2D eigenvalue weighted by molar-refractivity contribution is 5.85. The summed E-state index contributed by atoms with van der Waals surface area (Å²) in [5, 5.41) is 16.0. The number of hydrogen-bond acceptors (Lipinski definition) is 5. The number of amides is 1. The molecule has 2 aromatic heterocycles. The SMILES string of the molecule is O=C(O)c1ccn(-c2cccc(CNC(=O)C3CCc4ncncc4C3)c2)n1. The molecule has 28 heavy (non-hydrogen) atoms. The second-order valence-electron chi connectivity index (χ2n) is 6.77. The lowest BCUT2D eigenvalue weighted by Gasteiger charge is -2.22. The van der Waals surface area contributed by atoms with Crippen LogP contribution in [0.15, 0.2) is 49.1 Å². The van der Waals surface area contributed by atoms with E-state index in [0.29, 0.717) is 13.0 Å². The predicted octanol–water partition coefficient (Wildman–Crippen LogP) is 1.78. The van der Waals surface area contributed by atoms with Crippen molar-refractivity contribution >= 4 is 11.9 Å². The molecular formula is C20H19N5O3. The van der Waals surface area contributed by atoms with Gasteiger partial charge in [-0.05, 0) is 48.6 Å². The summed E-state index contributed by atoms with van der Waals surface area (Å²) in [7, 11) is 0. The number of carbonyl (C=O) groups is 2. The van der Waals surface area contributed by atoms with Gasteiger partial charge < -0.3 is 10.4 Å². The molecule has 142 valence electrons. The number of rotatable bonds is 5. The largest absolute Gasteiger partial charge is 0.476 e. The zero-order valence-corrected chi connectivity index (χ0v) is 15.1. The van der Waals surface area contributed by atoms with Crippen LogP contribution < -0.4 is 5.32 Å². The third kappa shape index (κ3) is 3.75. The number of aromatic nitrogens is 4. The van der Waals surface area contributed by atoms with Crippen LogP contribution >= 0.6 is 0 Å². The summed E-state index contributed by atoms with van der Waals surface area (Å²) in [5.74, 6) is -1.13. The molecule has 2 heterocycles. The van der Waals surface area contributed by atoms with Gasteiger partial charge in [0.25, 0.3) is 0 Å². The third-order valence-electron chi connectivity index (χ3n) is 4.90. The Morgan fingerprint density at radius 2 is 2.18 bits per heavy atom. The standard InChI is InChI=1S/C20H19N5O3/c26-19(14-4-5-17-15(9-14)11-21-12-23-17)22-10-13-2-1-3-16(8-13)25-7-6-18(24-25)20(27)28/h1-3,6-8,11-12,14H,4-5,9-10H2,(H,22,26)(H,27,28). The Morgan fingerprint density at radius 3 is 3.00 bits per heavy atom. The fourth-order valence-electron chi connectivity index (χ4n) is 3.41. The number of nitrogens with one attached hydrogen (secondary N) is 1. The Kier molecular flexibility index (Phi) is 4.84. The van der Waals surface area contributed by atoms with Crippen LogP contribution in [-0.2, 0) is 24.2 Å². The zero-order valence-electron chi connectivity index (χ0n) is 15.1. The third-order valence-corrected chi connectivity index (χ3v) is 4.90. The monoisotopic (exact) mass is 377 g/mol. The summed E-state index contributed by atoms with van der Waals surface area (Å²) in [4.78, 5) is 31.9. The highest BCUT2D eigenvalue weighted by atomic mass is 16.4. The maximum atomic E-state index is 12.6. The average molecular weight is 377 g/mol. The molecule has 4 rings (SSSR count). The molecule has 0 radical (unpaired) electrons. The van der Waals surface area contributed by atoms with E-state index in [-0.39, 0.29) is 17.5 Å². The van der Waals surface area contributed by atoms with Crippen molar-refractivity contribution in [1.29, 1.82) is 0 Å². The molecule has 1 aliphatic rings. The first-order chi connectivity index (χ1) is 13.6. The number of hydrogen-bond donors (Lipinski definition) is 2. The molecule has 0 spiro atoms. The maximum absolute atomic E-state index is 12.6. The van der Waals surface area contributed by atoms with Gasteiger partial charge in [-0.3, -0.25) is 4.79 Å². The van der Waals surface area contributed by atoms with Crippen molar-refractivity contribution in [3.63, 3.8) is 0 Å². The van der Waals surface area contributed by atoms with E-state index in [2.05, 4.69) is 20.4 Å². The molecule has 1 unspecified atom stereocenters. The van der Waals surface area contributed by atoms with Crippen molar-refractivity contribution in [3.05, 3.63) is 71.6 Å². The molecule has 1 atom stereocenters. The van der Waals surface area contributed by atoms with Gasteiger partial charge in [0, 0.05) is 30.6 Å². The van der Waals surface area contributed by atoms with Crippen LogP contribution in [0.2, 0.25) is 0 Å². The quantitative estimate of drug-likeness (QED) is 0.701. The molecule has 0 aliphatic heterocycles. The first kappa shape index (κ1) is 17.8. The van der Waals surface area contributed by atoms with Gasteiger partial charge in [-0.1, -0.05) is 12.1 Å². The van der Waals surface area contributed by atoms with E-state index in [9.17, 15) is 9.59 Å². The number of nitrogens with zero attached hydrogens (tertiary/aromatic N) is 4. The predicted molar refractivity (Wildman–Crippen MR) is 99.9 cm³/mol. The minimum atomic E-state index is -1.07. The number of carboxylic acid groups (broad SMARTS) is 1.